The van der Waals surface area contributed by atoms with Crippen LogP contribution in [0.2, 0.25) is 0 Å². The van der Waals surface area contributed by atoms with Crippen LogP contribution in [0.15, 0.2) is 17.1 Å². The highest BCUT2D eigenvalue weighted by Crippen LogP contribution is 2.66. The highest BCUT2D eigenvalue weighted by atomic mass is 31.3. The Morgan fingerprint density at radius 3 is 2.36 bits per heavy atom. The summed E-state index contributed by atoms with van der Waals surface area (Å²) in [7, 11) is -16.9. The molecule has 2 heterocycles. The number of aromatic nitrogens is 2. The van der Waals surface area contributed by atoms with Gasteiger partial charge in [0.15, 0.2) is 11.8 Å². The minimum Gasteiger partial charge on any atom is -0.387 e. The zero-order valence-corrected chi connectivity index (χ0v) is 19.5. The van der Waals surface area contributed by atoms with Gasteiger partial charge in [-0.05, 0) is 19.9 Å². The van der Waals surface area contributed by atoms with E-state index < -0.39 is 59.2 Å². The predicted molar refractivity (Wildman–Crippen MR) is 108 cm³/mol. The van der Waals surface area contributed by atoms with E-state index >= 15 is 0 Å². The van der Waals surface area contributed by atoms with Gasteiger partial charge in [0.05, 0.1) is 6.10 Å². The summed E-state index contributed by atoms with van der Waals surface area (Å²) in [5, 5.41) is 10.7. The monoisotopic (exact) mass is 534 g/mol. The third kappa shape index (κ3) is 6.78. The fourth-order valence-corrected chi connectivity index (χ4v) is 6.14. The molecule has 0 aromatic carbocycles. The summed E-state index contributed by atoms with van der Waals surface area (Å²) < 4.78 is 52.6. The number of aliphatic hydroxyl groups excluding tert-OH is 1. The molecule has 1 fully saturated rings. The summed E-state index contributed by atoms with van der Waals surface area (Å²) in [5.74, 6) is 4.85. The number of anilines is 1. The smallest absolute Gasteiger partial charge is 0.387 e. The molecule has 0 spiro atoms. The predicted octanol–water partition coefficient (Wildman–Crippen LogP) is -1.46. The topological polar surface area (TPSA) is 276 Å². The number of nitrogens with two attached hydrogens (primary N) is 2. The lowest BCUT2D eigenvalue weighted by atomic mass is 9.90. The normalized spacial score (nSPS) is 30.0. The third-order valence-electron chi connectivity index (χ3n) is 4.12. The Morgan fingerprint density at radius 1 is 1.24 bits per heavy atom. The maximum atomic E-state index is 12.2. The molecule has 4 unspecified atom stereocenters. The number of ether oxygens (including phenoxy) is 1. The molecule has 2 rings (SSSR count). The molecule has 1 aliphatic heterocycles. The molecule has 7 atom stereocenters. The average Bonchev–Trinajstić information content (AvgIpc) is 2.83. The van der Waals surface area contributed by atoms with E-state index in [1.165, 1.54) is 13.0 Å². The van der Waals surface area contributed by atoms with Crippen molar-refractivity contribution in [3.63, 3.8) is 0 Å². The number of nitrogen functional groups attached to an aromatic ring is 1. The Balaban J connectivity index is 2.31. The quantitative estimate of drug-likeness (QED) is 0.148. The van der Waals surface area contributed by atoms with E-state index in [0.29, 0.717) is 0 Å². The Hall–Kier alpha value is -1.47. The summed E-state index contributed by atoms with van der Waals surface area (Å²) in [6.45, 7) is 2.45. The number of phosphoric ester groups is 1. The van der Waals surface area contributed by atoms with Gasteiger partial charge in [0.25, 0.3) is 0 Å². The first-order valence-corrected chi connectivity index (χ1v) is 13.2. The number of aliphatic hydroxyl groups is 1. The first-order valence-electron chi connectivity index (χ1n) is 8.64. The Morgan fingerprint density at radius 2 is 1.85 bits per heavy atom. The first-order chi connectivity index (χ1) is 14.9. The standard InChI is InChI=1S/C13H21N4O13P3/c1-3-5-13(15)10(18)9(27-11(13)17-6-4-8(14)16-12(17)19)7(2)28-32(23,24)30-33(25,26)29-31(20,21)22/h4,6-7,9-11,18H,15H2,1-2H3,(H,23,24)(H,25,26)(H2,14,16,19)(H2,20,21,22)/t7-,9+,10?,11+,13?/m0/s1. The lowest BCUT2D eigenvalue weighted by Gasteiger charge is -2.28. The molecule has 1 aromatic heterocycles. The number of nitrogens with zero attached hydrogens (tertiary/aromatic N) is 2. The van der Waals surface area contributed by atoms with E-state index in [1.807, 2.05) is 0 Å². The van der Waals surface area contributed by atoms with Gasteiger partial charge in [-0.15, -0.1) is 5.92 Å². The van der Waals surface area contributed by atoms with E-state index in [2.05, 4.69) is 30.0 Å². The second-order valence-corrected chi connectivity index (χ2v) is 11.0. The second kappa shape index (κ2) is 9.65. The van der Waals surface area contributed by atoms with Crippen molar-refractivity contribution in [2.45, 2.75) is 43.9 Å². The Bertz CT molecular complexity index is 1160. The molecule has 1 aliphatic rings. The molecular formula is C13H21N4O13P3. The summed E-state index contributed by atoms with van der Waals surface area (Å²) in [4.78, 5) is 51.9. The minimum absolute atomic E-state index is 0.114. The van der Waals surface area contributed by atoms with Crippen molar-refractivity contribution in [3.05, 3.63) is 22.7 Å². The molecule has 186 valence electrons. The van der Waals surface area contributed by atoms with Crippen molar-refractivity contribution in [2.75, 3.05) is 5.73 Å². The largest absolute Gasteiger partial charge is 0.490 e. The van der Waals surface area contributed by atoms with Gasteiger partial charge in [-0.25, -0.2) is 18.5 Å². The Kier molecular flexibility index (Phi) is 8.12. The second-order valence-electron chi connectivity index (χ2n) is 6.65. The number of phosphoric acid groups is 3. The van der Waals surface area contributed by atoms with Crippen molar-refractivity contribution in [1.29, 1.82) is 0 Å². The van der Waals surface area contributed by atoms with E-state index in [4.69, 9.17) is 26.0 Å². The molecule has 0 aliphatic carbocycles. The highest BCUT2D eigenvalue weighted by molar-refractivity contribution is 7.66. The number of hydrogen-bond donors (Lipinski definition) is 7. The van der Waals surface area contributed by atoms with E-state index in [-0.39, 0.29) is 5.82 Å². The molecule has 0 bridgehead atoms. The maximum Gasteiger partial charge on any atom is 0.490 e. The summed E-state index contributed by atoms with van der Waals surface area (Å²) in [6, 6.07) is 1.24. The van der Waals surface area contributed by atoms with Crippen LogP contribution in [0, 0.1) is 11.8 Å². The molecule has 17 nitrogen and oxygen atoms in total. The fraction of sp³-hybridized carbons (Fsp3) is 0.538. The highest BCUT2D eigenvalue weighted by Gasteiger charge is 2.57. The van der Waals surface area contributed by atoms with Crippen LogP contribution >= 0.6 is 23.5 Å². The van der Waals surface area contributed by atoms with Gasteiger partial charge in [-0.2, -0.15) is 13.6 Å². The maximum absolute atomic E-state index is 12.2. The van der Waals surface area contributed by atoms with Crippen LogP contribution in [-0.4, -0.2) is 58.1 Å². The van der Waals surface area contributed by atoms with Crippen molar-refractivity contribution >= 4 is 29.3 Å². The van der Waals surface area contributed by atoms with Gasteiger partial charge in [0.1, 0.15) is 18.0 Å². The van der Waals surface area contributed by atoms with Crippen LogP contribution in [-0.2, 0) is 31.6 Å². The van der Waals surface area contributed by atoms with Crippen LogP contribution < -0.4 is 17.2 Å². The molecule has 0 amide bonds. The van der Waals surface area contributed by atoms with Crippen molar-refractivity contribution in [3.8, 4) is 11.8 Å². The van der Waals surface area contributed by atoms with Gasteiger partial charge in [-0.3, -0.25) is 9.09 Å². The summed E-state index contributed by atoms with van der Waals surface area (Å²) in [6.07, 6.45) is -5.29. The van der Waals surface area contributed by atoms with Gasteiger partial charge in [0, 0.05) is 6.20 Å². The number of hydrogen-bond acceptors (Lipinski definition) is 12. The molecule has 33 heavy (non-hydrogen) atoms. The van der Waals surface area contributed by atoms with Crippen LogP contribution in [0.4, 0.5) is 5.82 Å². The minimum atomic E-state index is -5.76. The third-order valence-corrected chi connectivity index (χ3v) is 8.05. The zero-order chi connectivity index (χ0) is 25.4. The van der Waals surface area contributed by atoms with Crippen LogP contribution in [0.1, 0.15) is 20.1 Å². The molecule has 20 heteroatoms. The fourth-order valence-electron chi connectivity index (χ4n) is 2.94. The van der Waals surface area contributed by atoms with Gasteiger partial charge in [-0.1, -0.05) is 5.92 Å². The van der Waals surface area contributed by atoms with Crippen molar-refractivity contribution in [1.82, 2.24) is 9.55 Å². The van der Waals surface area contributed by atoms with E-state index in [0.717, 1.165) is 17.7 Å². The SMILES string of the molecule is CC#CC1(N)C(O)[C@@H]([C@H](C)OP(=O)(O)OP(=O)(O)OP(=O)(O)O)O[C@H]1n1ccc(N)nc1=O. The first kappa shape index (κ1) is 27.8. The van der Waals surface area contributed by atoms with E-state index in [9.17, 15) is 33.4 Å². The van der Waals surface area contributed by atoms with Crippen molar-refractivity contribution in [2.24, 2.45) is 5.73 Å². The van der Waals surface area contributed by atoms with E-state index in [1.54, 1.807) is 0 Å². The molecule has 0 radical (unpaired) electrons. The number of rotatable bonds is 8. The van der Waals surface area contributed by atoms with Crippen LogP contribution in [0.5, 0.6) is 0 Å². The van der Waals surface area contributed by atoms with Crippen LogP contribution in [0.25, 0.3) is 0 Å². The van der Waals surface area contributed by atoms with Crippen molar-refractivity contribution < 1.29 is 56.3 Å². The van der Waals surface area contributed by atoms with Gasteiger partial charge in [0.2, 0.25) is 0 Å². The molecule has 9 N–H and O–H groups in total. The zero-order valence-electron chi connectivity index (χ0n) is 16.9. The van der Waals surface area contributed by atoms with Gasteiger partial charge >= 0.3 is 29.2 Å². The van der Waals surface area contributed by atoms with Crippen LogP contribution in [0.3, 0.4) is 0 Å². The lowest BCUT2D eigenvalue weighted by molar-refractivity contribution is -0.0754. The molecule has 1 aromatic rings. The van der Waals surface area contributed by atoms with Gasteiger partial charge < -0.3 is 40.9 Å². The lowest BCUT2D eigenvalue weighted by Crippen LogP contribution is -2.55. The molecule has 1 saturated heterocycles. The summed E-state index contributed by atoms with van der Waals surface area (Å²) in [5.41, 5.74) is 8.75. The summed E-state index contributed by atoms with van der Waals surface area (Å²) >= 11 is 0. The molecule has 0 saturated carbocycles. The average molecular weight is 534 g/mol. The Labute approximate surface area is 185 Å². The molecular weight excluding hydrogens is 513 g/mol.